The standard InChI is InChI=1S/C22H24BrN3O2S/c1-26(2)19(18-9-4-5-10-20(18)28-3)13-24-21(27)12-17-14-29-22(25-17)15-7-6-8-16(23)11-15/h4-11,14,19H,12-13H2,1-3H3,(H,24,27). The van der Waals surface area contributed by atoms with Crippen LogP contribution in [0.2, 0.25) is 0 Å². The Balaban J connectivity index is 1.63. The number of carbonyl (C=O) groups is 1. The van der Waals surface area contributed by atoms with Crippen molar-refractivity contribution in [1.82, 2.24) is 15.2 Å². The summed E-state index contributed by atoms with van der Waals surface area (Å²) in [5.41, 5.74) is 2.87. The molecule has 0 saturated heterocycles. The van der Waals surface area contributed by atoms with Crippen molar-refractivity contribution < 1.29 is 9.53 Å². The minimum Gasteiger partial charge on any atom is -0.496 e. The van der Waals surface area contributed by atoms with Crippen molar-refractivity contribution in [3.63, 3.8) is 0 Å². The third-order valence-electron chi connectivity index (χ3n) is 4.58. The summed E-state index contributed by atoms with van der Waals surface area (Å²) >= 11 is 5.03. The number of hydrogen-bond donors (Lipinski definition) is 1. The van der Waals surface area contributed by atoms with Gasteiger partial charge in [0.05, 0.1) is 25.3 Å². The lowest BCUT2D eigenvalue weighted by atomic mass is 10.0. The average Bonchev–Trinajstić information content (AvgIpc) is 3.16. The molecule has 1 unspecified atom stereocenters. The van der Waals surface area contributed by atoms with E-state index in [9.17, 15) is 4.79 Å². The minimum absolute atomic E-state index is 0.0164. The lowest BCUT2D eigenvalue weighted by Gasteiger charge is -2.26. The second-order valence-electron chi connectivity index (χ2n) is 6.86. The fourth-order valence-corrected chi connectivity index (χ4v) is 4.31. The molecule has 1 aromatic heterocycles. The first-order valence-corrected chi connectivity index (χ1v) is 10.9. The van der Waals surface area contributed by atoms with Gasteiger partial charge in [0.15, 0.2) is 0 Å². The molecule has 0 aliphatic rings. The highest BCUT2D eigenvalue weighted by Gasteiger charge is 2.19. The number of aromatic nitrogens is 1. The van der Waals surface area contributed by atoms with Crippen molar-refractivity contribution in [2.75, 3.05) is 27.7 Å². The Morgan fingerprint density at radius 3 is 2.76 bits per heavy atom. The van der Waals surface area contributed by atoms with E-state index in [1.165, 1.54) is 0 Å². The molecule has 152 valence electrons. The Kier molecular flexibility index (Phi) is 7.41. The number of ether oxygens (including phenoxy) is 1. The van der Waals surface area contributed by atoms with Gasteiger partial charge in [-0.05, 0) is 32.3 Å². The summed E-state index contributed by atoms with van der Waals surface area (Å²) in [6, 6.07) is 15.9. The van der Waals surface area contributed by atoms with Gasteiger partial charge in [-0.2, -0.15) is 0 Å². The van der Waals surface area contributed by atoms with E-state index in [2.05, 4.69) is 31.1 Å². The van der Waals surface area contributed by atoms with E-state index in [0.717, 1.165) is 32.1 Å². The highest BCUT2D eigenvalue weighted by Crippen LogP contribution is 2.28. The number of rotatable bonds is 8. The van der Waals surface area contributed by atoms with Crippen LogP contribution in [-0.2, 0) is 11.2 Å². The summed E-state index contributed by atoms with van der Waals surface area (Å²) < 4.78 is 6.49. The quantitative estimate of drug-likeness (QED) is 0.521. The number of amides is 1. The molecule has 0 fully saturated rings. The van der Waals surface area contributed by atoms with Gasteiger partial charge >= 0.3 is 0 Å². The second kappa shape index (κ2) is 10.0. The van der Waals surface area contributed by atoms with E-state index in [1.807, 2.05) is 68.0 Å². The average molecular weight is 474 g/mol. The molecule has 0 bridgehead atoms. The molecule has 5 nitrogen and oxygen atoms in total. The van der Waals surface area contributed by atoms with Gasteiger partial charge in [0.2, 0.25) is 5.91 Å². The zero-order chi connectivity index (χ0) is 20.8. The van der Waals surface area contributed by atoms with E-state index >= 15 is 0 Å². The Hall–Kier alpha value is -2.22. The molecular weight excluding hydrogens is 450 g/mol. The van der Waals surface area contributed by atoms with Gasteiger partial charge < -0.3 is 15.0 Å². The van der Waals surface area contributed by atoms with Gasteiger partial charge in [-0.1, -0.05) is 46.3 Å². The van der Waals surface area contributed by atoms with Crippen molar-refractivity contribution in [3.05, 3.63) is 69.6 Å². The third kappa shape index (κ3) is 5.65. The predicted molar refractivity (Wildman–Crippen MR) is 121 cm³/mol. The number of halogens is 1. The lowest BCUT2D eigenvalue weighted by molar-refractivity contribution is -0.120. The molecular formula is C22H24BrN3O2S. The molecule has 3 rings (SSSR count). The van der Waals surface area contributed by atoms with E-state index in [0.29, 0.717) is 6.54 Å². The van der Waals surface area contributed by atoms with E-state index in [1.54, 1.807) is 18.4 Å². The Labute approximate surface area is 183 Å². The molecule has 1 amide bonds. The number of nitrogens with zero attached hydrogens (tertiary/aromatic N) is 2. The van der Waals surface area contributed by atoms with Crippen molar-refractivity contribution in [3.8, 4) is 16.3 Å². The van der Waals surface area contributed by atoms with Crippen LogP contribution in [0.1, 0.15) is 17.3 Å². The fourth-order valence-electron chi connectivity index (χ4n) is 3.09. The van der Waals surface area contributed by atoms with Crippen LogP contribution >= 0.6 is 27.3 Å². The van der Waals surface area contributed by atoms with Gasteiger partial charge in [0.1, 0.15) is 10.8 Å². The van der Waals surface area contributed by atoms with Gasteiger partial charge in [-0.25, -0.2) is 4.98 Å². The van der Waals surface area contributed by atoms with Crippen LogP contribution in [0.5, 0.6) is 5.75 Å². The summed E-state index contributed by atoms with van der Waals surface area (Å²) in [6.45, 7) is 0.495. The van der Waals surface area contributed by atoms with Gasteiger partial charge in [-0.3, -0.25) is 4.79 Å². The van der Waals surface area contributed by atoms with Crippen LogP contribution in [0.3, 0.4) is 0 Å². The maximum Gasteiger partial charge on any atom is 0.226 e. The molecule has 0 aliphatic carbocycles. The Morgan fingerprint density at radius 2 is 2.03 bits per heavy atom. The summed E-state index contributed by atoms with van der Waals surface area (Å²) in [7, 11) is 5.65. The van der Waals surface area contributed by atoms with Crippen molar-refractivity contribution in [2.45, 2.75) is 12.5 Å². The monoisotopic (exact) mass is 473 g/mol. The summed E-state index contributed by atoms with van der Waals surface area (Å²) in [6.07, 6.45) is 0.260. The molecule has 0 aliphatic heterocycles. The van der Waals surface area contributed by atoms with E-state index < -0.39 is 0 Å². The number of nitrogens with one attached hydrogen (secondary N) is 1. The molecule has 1 N–H and O–H groups in total. The number of para-hydroxylation sites is 1. The molecule has 0 saturated carbocycles. The topological polar surface area (TPSA) is 54.5 Å². The minimum atomic E-state index is -0.0437. The van der Waals surface area contributed by atoms with E-state index in [-0.39, 0.29) is 18.4 Å². The summed E-state index contributed by atoms with van der Waals surface area (Å²) in [4.78, 5) is 19.2. The first-order valence-electron chi connectivity index (χ1n) is 9.24. The van der Waals surface area contributed by atoms with Crippen molar-refractivity contribution in [2.24, 2.45) is 0 Å². The molecule has 1 heterocycles. The normalized spacial score (nSPS) is 12.0. The van der Waals surface area contributed by atoms with Crippen LogP contribution in [0.4, 0.5) is 0 Å². The van der Waals surface area contributed by atoms with Crippen LogP contribution in [-0.4, -0.2) is 43.5 Å². The first-order chi connectivity index (χ1) is 14.0. The molecule has 0 spiro atoms. The Morgan fingerprint density at radius 1 is 1.24 bits per heavy atom. The molecule has 29 heavy (non-hydrogen) atoms. The number of methoxy groups -OCH3 is 1. The van der Waals surface area contributed by atoms with Crippen molar-refractivity contribution in [1.29, 1.82) is 0 Å². The SMILES string of the molecule is COc1ccccc1C(CNC(=O)Cc1csc(-c2cccc(Br)c2)n1)N(C)C. The third-order valence-corrected chi connectivity index (χ3v) is 6.01. The highest BCUT2D eigenvalue weighted by molar-refractivity contribution is 9.10. The summed E-state index contributed by atoms with van der Waals surface area (Å²) in [5, 5.41) is 5.90. The molecule has 1 atom stereocenters. The molecule has 3 aromatic rings. The van der Waals surface area contributed by atoms with Gasteiger partial charge in [0, 0.05) is 27.5 Å². The lowest BCUT2D eigenvalue weighted by Crippen LogP contribution is -2.35. The number of thiazole rings is 1. The van der Waals surface area contributed by atoms with Crippen LogP contribution in [0.25, 0.3) is 10.6 Å². The number of hydrogen-bond acceptors (Lipinski definition) is 5. The maximum atomic E-state index is 12.5. The number of likely N-dealkylation sites (N-methyl/N-ethyl adjacent to an activating group) is 1. The van der Waals surface area contributed by atoms with Gasteiger partial charge in [0.25, 0.3) is 0 Å². The smallest absolute Gasteiger partial charge is 0.226 e. The maximum absolute atomic E-state index is 12.5. The molecule has 0 radical (unpaired) electrons. The Bertz CT molecular complexity index is 974. The van der Waals surface area contributed by atoms with Gasteiger partial charge in [-0.15, -0.1) is 11.3 Å². The second-order valence-corrected chi connectivity index (χ2v) is 8.63. The zero-order valence-corrected chi connectivity index (χ0v) is 19.1. The van der Waals surface area contributed by atoms with Crippen LogP contribution in [0, 0.1) is 0 Å². The number of carbonyl (C=O) groups excluding carboxylic acids is 1. The fraction of sp³-hybridized carbons (Fsp3) is 0.273. The van der Waals surface area contributed by atoms with Crippen LogP contribution < -0.4 is 10.1 Å². The van der Waals surface area contributed by atoms with E-state index in [4.69, 9.17) is 4.74 Å². The van der Waals surface area contributed by atoms with Crippen molar-refractivity contribution >= 4 is 33.2 Å². The van der Waals surface area contributed by atoms with Crippen LogP contribution in [0.15, 0.2) is 58.4 Å². The summed E-state index contributed by atoms with van der Waals surface area (Å²) in [5.74, 6) is 0.774. The molecule has 2 aromatic carbocycles. The number of benzene rings is 2. The molecule has 7 heteroatoms. The zero-order valence-electron chi connectivity index (χ0n) is 16.7. The highest BCUT2D eigenvalue weighted by atomic mass is 79.9. The largest absolute Gasteiger partial charge is 0.496 e. The predicted octanol–water partition coefficient (Wildman–Crippen LogP) is 4.54. The first kappa shape index (κ1) is 21.5.